The van der Waals surface area contributed by atoms with E-state index in [-0.39, 0.29) is 0 Å². The number of nitrogens with zero attached hydrogens (tertiary/aromatic N) is 4. The van der Waals surface area contributed by atoms with Crippen molar-refractivity contribution in [3.8, 4) is 17.1 Å². The zero-order chi connectivity index (χ0) is 16.0. The molecule has 0 saturated carbocycles. The van der Waals surface area contributed by atoms with Crippen LogP contribution in [-0.4, -0.2) is 26.7 Å². The number of ether oxygens (including phenoxy) is 1. The molecule has 0 saturated heterocycles. The number of benzene rings is 2. The second-order valence-electron chi connectivity index (χ2n) is 5.25. The predicted octanol–water partition coefficient (Wildman–Crippen LogP) is 3.91. The molecule has 114 valence electrons. The van der Waals surface area contributed by atoms with Crippen molar-refractivity contribution in [2.24, 2.45) is 0 Å². The van der Waals surface area contributed by atoms with E-state index in [0.29, 0.717) is 16.8 Å². The fourth-order valence-corrected chi connectivity index (χ4v) is 2.86. The minimum atomic E-state index is 0.297. The van der Waals surface area contributed by atoms with Crippen LogP contribution in [-0.2, 0) is 0 Å². The summed E-state index contributed by atoms with van der Waals surface area (Å²) in [6.45, 7) is 2.03. The topological polar surface area (TPSA) is 52.3 Å². The molecule has 2 aromatic heterocycles. The second-order valence-corrected chi connectivity index (χ2v) is 5.59. The number of aryl methyl sites for hydroxylation is 1. The van der Waals surface area contributed by atoms with Crippen molar-refractivity contribution < 1.29 is 4.74 Å². The normalized spacial score (nSPS) is 11.3. The number of methoxy groups -OCH3 is 1. The van der Waals surface area contributed by atoms with Crippen molar-refractivity contribution in [2.45, 2.75) is 6.92 Å². The van der Waals surface area contributed by atoms with Crippen molar-refractivity contribution in [3.63, 3.8) is 0 Å². The molecular formula is C17H13ClN4O. The highest BCUT2D eigenvalue weighted by atomic mass is 35.5. The van der Waals surface area contributed by atoms with Crippen LogP contribution in [0.3, 0.4) is 0 Å². The van der Waals surface area contributed by atoms with Crippen molar-refractivity contribution >= 4 is 28.2 Å². The first-order chi connectivity index (χ1) is 11.2. The summed E-state index contributed by atoms with van der Waals surface area (Å²) in [7, 11) is 1.64. The van der Waals surface area contributed by atoms with E-state index >= 15 is 0 Å². The molecule has 4 aromatic rings. The smallest absolute Gasteiger partial charge is 0.226 e. The van der Waals surface area contributed by atoms with Gasteiger partial charge in [-0.05, 0) is 54.4 Å². The van der Waals surface area contributed by atoms with Gasteiger partial charge in [0, 0.05) is 10.9 Å². The van der Waals surface area contributed by atoms with Crippen LogP contribution in [0.1, 0.15) is 5.56 Å². The van der Waals surface area contributed by atoms with Crippen molar-refractivity contribution in [1.29, 1.82) is 0 Å². The zero-order valence-electron chi connectivity index (χ0n) is 12.6. The summed E-state index contributed by atoms with van der Waals surface area (Å²) in [6.07, 6.45) is 0. The Morgan fingerprint density at radius 1 is 1.04 bits per heavy atom. The first-order valence-corrected chi connectivity index (χ1v) is 7.51. The molecule has 23 heavy (non-hydrogen) atoms. The van der Waals surface area contributed by atoms with E-state index in [2.05, 4.69) is 15.1 Å². The van der Waals surface area contributed by atoms with Crippen molar-refractivity contribution in [3.05, 3.63) is 53.3 Å². The van der Waals surface area contributed by atoms with Gasteiger partial charge in [0.05, 0.1) is 12.6 Å². The molecule has 6 heteroatoms. The van der Waals surface area contributed by atoms with E-state index in [4.69, 9.17) is 16.3 Å². The van der Waals surface area contributed by atoms with E-state index in [1.54, 1.807) is 11.6 Å². The highest BCUT2D eigenvalue weighted by Gasteiger charge is 2.14. The van der Waals surface area contributed by atoms with Crippen molar-refractivity contribution in [2.75, 3.05) is 7.11 Å². The average molecular weight is 325 g/mol. The third-order valence-electron chi connectivity index (χ3n) is 3.82. The van der Waals surface area contributed by atoms with Gasteiger partial charge in [-0.3, -0.25) is 0 Å². The van der Waals surface area contributed by atoms with Gasteiger partial charge in [-0.25, -0.2) is 9.97 Å². The Morgan fingerprint density at radius 3 is 2.57 bits per heavy atom. The molecule has 2 heterocycles. The van der Waals surface area contributed by atoms with E-state index in [1.807, 2.05) is 49.4 Å². The quantitative estimate of drug-likeness (QED) is 0.524. The molecular weight excluding hydrogens is 312 g/mol. The fourth-order valence-electron chi connectivity index (χ4n) is 2.65. The lowest BCUT2D eigenvalue weighted by Gasteiger charge is -2.03. The van der Waals surface area contributed by atoms with Crippen LogP contribution >= 0.6 is 11.6 Å². The molecule has 0 radical (unpaired) electrons. The van der Waals surface area contributed by atoms with E-state index in [9.17, 15) is 0 Å². The van der Waals surface area contributed by atoms with Crippen LogP contribution in [0.5, 0.6) is 5.75 Å². The fraction of sp³-hybridized carbons (Fsp3) is 0.118. The molecule has 0 N–H and O–H groups in total. The molecule has 0 aliphatic rings. The zero-order valence-corrected chi connectivity index (χ0v) is 13.4. The maximum Gasteiger partial charge on any atom is 0.226 e. The molecule has 0 amide bonds. The molecule has 4 rings (SSSR count). The van der Waals surface area contributed by atoms with Gasteiger partial charge in [0.2, 0.25) is 5.28 Å². The summed E-state index contributed by atoms with van der Waals surface area (Å²) >= 11 is 6.27. The average Bonchev–Trinajstić information content (AvgIpc) is 3.01. The predicted molar refractivity (Wildman–Crippen MR) is 90.0 cm³/mol. The summed E-state index contributed by atoms with van der Waals surface area (Å²) in [5.41, 5.74) is 3.51. The van der Waals surface area contributed by atoms with Gasteiger partial charge in [0.15, 0.2) is 11.5 Å². The molecule has 0 aliphatic carbocycles. The lowest BCUT2D eigenvalue weighted by Crippen LogP contribution is -1.96. The summed E-state index contributed by atoms with van der Waals surface area (Å²) in [4.78, 5) is 9.08. The first kappa shape index (κ1) is 14.0. The number of halogens is 1. The van der Waals surface area contributed by atoms with Gasteiger partial charge in [-0.1, -0.05) is 12.1 Å². The standard InChI is InChI=1S/C17H13ClN4O/c1-10-4-3-5-13-14(10)16-20-15(21-22(16)17(18)19-13)11-6-8-12(23-2)9-7-11/h3-9H,1-2H3. The minimum Gasteiger partial charge on any atom is -0.497 e. The Hall–Kier alpha value is -2.66. The first-order valence-electron chi connectivity index (χ1n) is 7.13. The number of fused-ring (bicyclic) bond motifs is 3. The molecule has 0 bridgehead atoms. The molecule has 0 atom stereocenters. The van der Waals surface area contributed by atoms with Crippen LogP contribution in [0.4, 0.5) is 0 Å². The van der Waals surface area contributed by atoms with Crippen LogP contribution in [0.25, 0.3) is 27.9 Å². The third kappa shape index (κ3) is 2.21. The number of hydrogen-bond donors (Lipinski definition) is 0. The molecule has 5 nitrogen and oxygen atoms in total. The van der Waals surface area contributed by atoms with E-state index < -0.39 is 0 Å². The largest absolute Gasteiger partial charge is 0.497 e. The summed E-state index contributed by atoms with van der Waals surface area (Å²) in [6, 6.07) is 13.5. The summed E-state index contributed by atoms with van der Waals surface area (Å²) in [5.74, 6) is 1.39. The highest BCUT2D eigenvalue weighted by Crippen LogP contribution is 2.27. The Kier molecular flexibility index (Phi) is 3.16. The maximum atomic E-state index is 6.27. The Labute approximate surface area is 137 Å². The van der Waals surface area contributed by atoms with Gasteiger partial charge >= 0.3 is 0 Å². The lowest BCUT2D eigenvalue weighted by atomic mass is 10.1. The maximum absolute atomic E-state index is 6.27. The highest BCUT2D eigenvalue weighted by molar-refractivity contribution is 6.29. The van der Waals surface area contributed by atoms with Crippen LogP contribution in [0, 0.1) is 6.92 Å². The van der Waals surface area contributed by atoms with Crippen LogP contribution in [0.2, 0.25) is 5.28 Å². The molecule has 0 aliphatic heterocycles. The molecule has 0 unspecified atom stereocenters. The van der Waals surface area contributed by atoms with Gasteiger partial charge in [0.1, 0.15) is 5.75 Å². The van der Waals surface area contributed by atoms with Crippen molar-refractivity contribution in [1.82, 2.24) is 19.6 Å². The SMILES string of the molecule is COc1ccc(-c2nc3c4c(C)cccc4nc(Cl)n3n2)cc1. The van der Waals surface area contributed by atoms with Gasteiger partial charge < -0.3 is 4.74 Å². The molecule has 0 spiro atoms. The number of rotatable bonds is 2. The second kappa shape index (κ2) is 5.21. The summed E-state index contributed by atoms with van der Waals surface area (Å²) < 4.78 is 6.76. The van der Waals surface area contributed by atoms with Gasteiger partial charge in [-0.2, -0.15) is 4.52 Å². The molecule has 2 aromatic carbocycles. The van der Waals surface area contributed by atoms with E-state index in [1.165, 1.54) is 0 Å². The number of aromatic nitrogens is 4. The Balaban J connectivity index is 1.99. The lowest BCUT2D eigenvalue weighted by molar-refractivity contribution is 0.415. The Bertz CT molecular complexity index is 1020. The van der Waals surface area contributed by atoms with Crippen LogP contribution in [0.15, 0.2) is 42.5 Å². The Morgan fingerprint density at radius 2 is 1.83 bits per heavy atom. The van der Waals surface area contributed by atoms with Gasteiger partial charge in [0.25, 0.3) is 0 Å². The summed E-state index contributed by atoms with van der Waals surface area (Å²) in [5, 5.41) is 5.76. The van der Waals surface area contributed by atoms with Gasteiger partial charge in [-0.15, -0.1) is 5.10 Å². The minimum absolute atomic E-state index is 0.297. The van der Waals surface area contributed by atoms with E-state index in [0.717, 1.165) is 27.8 Å². The monoisotopic (exact) mass is 324 g/mol. The van der Waals surface area contributed by atoms with Crippen LogP contribution < -0.4 is 4.74 Å². The molecule has 0 fully saturated rings. The number of hydrogen-bond acceptors (Lipinski definition) is 4. The third-order valence-corrected chi connectivity index (χ3v) is 4.06.